The van der Waals surface area contributed by atoms with Crippen molar-refractivity contribution < 1.29 is 0 Å². The maximum atomic E-state index is 9.66. The Morgan fingerprint density at radius 1 is 0.955 bits per heavy atom. The van der Waals surface area contributed by atoms with Crippen molar-refractivity contribution in [2.45, 2.75) is 52.4 Å². The Hall–Kier alpha value is -2.25. The van der Waals surface area contributed by atoms with Gasteiger partial charge >= 0.3 is 0 Å². The Labute approximate surface area is 132 Å². The van der Waals surface area contributed by atoms with E-state index in [-0.39, 0.29) is 11.0 Å². The lowest BCUT2D eigenvalue weighted by atomic mass is 9.72. The minimum Gasteiger partial charge on any atom is -0.374 e. The molecule has 0 aromatic heterocycles. The molecule has 1 saturated heterocycles. The molecule has 1 fully saturated rings. The summed E-state index contributed by atoms with van der Waals surface area (Å²) >= 11 is 0. The lowest BCUT2D eigenvalue weighted by Crippen LogP contribution is -2.32. The van der Waals surface area contributed by atoms with E-state index < -0.39 is 0 Å². The fourth-order valence-electron chi connectivity index (χ4n) is 3.46. The van der Waals surface area contributed by atoms with Crippen LogP contribution in [0.5, 0.6) is 0 Å². The molecule has 22 heavy (non-hydrogen) atoms. The average molecular weight is 294 g/mol. The molecule has 1 aliphatic heterocycles. The van der Waals surface area contributed by atoms with Gasteiger partial charge in [0.05, 0.1) is 5.57 Å². The Morgan fingerprint density at radius 3 is 2.05 bits per heavy atom. The first-order valence-electron chi connectivity index (χ1n) is 7.94. The molecule has 0 saturated carbocycles. The summed E-state index contributed by atoms with van der Waals surface area (Å²) < 4.78 is 0. The van der Waals surface area contributed by atoms with E-state index in [9.17, 15) is 15.8 Å². The molecule has 1 aliphatic carbocycles. The molecule has 0 atom stereocenters. The molecule has 2 rings (SSSR count). The standard InChI is InChI=1S/C18H22N4/c1-18(2)9-15(14(11-19)12-20)16(13-21)17(10-18)22-7-5-3-4-6-8-22/h3-10H2,1-2H3. The smallest absolute Gasteiger partial charge is 0.134 e. The van der Waals surface area contributed by atoms with Gasteiger partial charge in [-0.25, -0.2) is 0 Å². The number of likely N-dealkylation sites (tertiary alicyclic amines) is 1. The van der Waals surface area contributed by atoms with Gasteiger partial charge in [0.1, 0.15) is 23.8 Å². The molecule has 0 N–H and O–H groups in total. The SMILES string of the molecule is CC1(C)CC(=C(C#N)C#N)C(C#N)=C(N2CCCCCC2)C1. The topological polar surface area (TPSA) is 74.6 Å². The number of rotatable bonds is 1. The van der Waals surface area contributed by atoms with Gasteiger partial charge in [-0.3, -0.25) is 0 Å². The van der Waals surface area contributed by atoms with E-state index in [0.717, 1.165) is 38.0 Å². The van der Waals surface area contributed by atoms with Gasteiger partial charge in [0.2, 0.25) is 0 Å². The monoisotopic (exact) mass is 294 g/mol. The quantitative estimate of drug-likeness (QED) is 0.689. The van der Waals surface area contributed by atoms with Crippen LogP contribution in [0.25, 0.3) is 0 Å². The lowest BCUT2D eigenvalue weighted by molar-refractivity contribution is 0.265. The van der Waals surface area contributed by atoms with Crippen LogP contribution in [0.3, 0.4) is 0 Å². The second-order valence-electron chi connectivity index (χ2n) is 6.93. The Balaban J connectivity index is 2.56. The van der Waals surface area contributed by atoms with Crippen LogP contribution in [0.2, 0.25) is 0 Å². The summed E-state index contributed by atoms with van der Waals surface area (Å²) in [5, 5.41) is 28.1. The number of nitriles is 3. The van der Waals surface area contributed by atoms with Crippen molar-refractivity contribution in [1.82, 2.24) is 4.90 Å². The molecule has 0 amide bonds. The highest BCUT2D eigenvalue weighted by Gasteiger charge is 2.34. The summed E-state index contributed by atoms with van der Waals surface area (Å²) in [4.78, 5) is 2.32. The molecule has 0 aromatic rings. The molecule has 0 aromatic carbocycles. The molecule has 0 unspecified atom stereocenters. The molecule has 0 radical (unpaired) electrons. The molecule has 4 nitrogen and oxygen atoms in total. The van der Waals surface area contributed by atoms with E-state index in [1.807, 2.05) is 12.1 Å². The zero-order chi connectivity index (χ0) is 16.2. The van der Waals surface area contributed by atoms with E-state index in [4.69, 9.17) is 0 Å². The van der Waals surface area contributed by atoms with Crippen LogP contribution in [0.1, 0.15) is 52.4 Å². The van der Waals surface area contributed by atoms with Crippen molar-refractivity contribution in [3.8, 4) is 18.2 Å². The Kier molecular flexibility index (Phi) is 4.89. The van der Waals surface area contributed by atoms with Crippen LogP contribution in [0.4, 0.5) is 0 Å². The third kappa shape index (κ3) is 3.32. The van der Waals surface area contributed by atoms with Crippen LogP contribution in [-0.2, 0) is 0 Å². The lowest BCUT2D eigenvalue weighted by Gasteiger charge is -2.38. The Morgan fingerprint density at radius 2 is 1.55 bits per heavy atom. The summed E-state index contributed by atoms with van der Waals surface area (Å²) in [7, 11) is 0. The normalized spacial score (nSPS) is 21.4. The average Bonchev–Trinajstić information content (AvgIpc) is 2.76. The van der Waals surface area contributed by atoms with Gasteiger partial charge in [-0.05, 0) is 31.1 Å². The maximum absolute atomic E-state index is 9.66. The minimum absolute atomic E-state index is 0.0315. The number of allylic oxidation sites excluding steroid dienone is 4. The highest BCUT2D eigenvalue weighted by molar-refractivity contribution is 5.57. The van der Waals surface area contributed by atoms with Crippen LogP contribution in [0.15, 0.2) is 22.4 Å². The van der Waals surface area contributed by atoms with Gasteiger partial charge in [-0.15, -0.1) is 0 Å². The van der Waals surface area contributed by atoms with Crippen molar-refractivity contribution >= 4 is 0 Å². The van der Waals surface area contributed by atoms with Gasteiger partial charge < -0.3 is 4.90 Å². The second kappa shape index (κ2) is 6.67. The highest BCUT2D eigenvalue weighted by atomic mass is 15.1. The van der Waals surface area contributed by atoms with Crippen molar-refractivity contribution in [2.24, 2.45) is 5.41 Å². The van der Waals surface area contributed by atoms with Crippen LogP contribution in [-0.4, -0.2) is 18.0 Å². The fraction of sp³-hybridized carbons (Fsp3) is 0.611. The first-order chi connectivity index (χ1) is 10.5. The summed E-state index contributed by atoms with van der Waals surface area (Å²) in [6.45, 7) is 6.23. The number of nitrogens with zero attached hydrogens (tertiary/aromatic N) is 4. The van der Waals surface area contributed by atoms with E-state index in [1.165, 1.54) is 12.8 Å². The molecular formula is C18H22N4. The van der Waals surface area contributed by atoms with E-state index >= 15 is 0 Å². The Bertz CT molecular complexity index is 607. The largest absolute Gasteiger partial charge is 0.374 e. The third-order valence-corrected chi connectivity index (χ3v) is 4.52. The molecule has 1 heterocycles. The molecule has 114 valence electrons. The van der Waals surface area contributed by atoms with Gasteiger partial charge in [0.15, 0.2) is 0 Å². The van der Waals surface area contributed by atoms with E-state index in [2.05, 4.69) is 24.8 Å². The van der Waals surface area contributed by atoms with Crippen molar-refractivity contribution in [2.75, 3.05) is 13.1 Å². The zero-order valence-corrected chi connectivity index (χ0v) is 13.4. The maximum Gasteiger partial charge on any atom is 0.134 e. The summed E-state index contributed by atoms with van der Waals surface area (Å²) in [6, 6.07) is 6.23. The van der Waals surface area contributed by atoms with E-state index in [1.54, 1.807) is 0 Å². The van der Waals surface area contributed by atoms with Gasteiger partial charge in [0, 0.05) is 24.4 Å². The second-order valence-corrected chi connectivity index (χ2v) is 6.93. The molecule has 4 heteroatoms. The minimum atomic E-state index is -0.0315. The summed E-state index contributed by atoms with van der Waals surface area (Å²) in [5.41, 5.74) is 2.31. The first kappa shape index (κ1) is 16.1. The molecule has 0 bridgehead atoms. The van der Waals surface area contributed by atoms with Gasteiger partial charge in [-0.1, -0.05) is 26.7 Å². The fourth-order valence-corrected chi connectivity index (χ4v) is 3.46. The van der Waals surface area contributed by atoms with Crippen molar-refractivity contribution in [3.63, 3.8) is 0 Å². The number of hydrogen-bond donors (Lipinski definition) is 0. The molecular weight excluding hydrogens is 272 g/mol. The number of hydrogen-bond acceptors (Lipinski definition) is 4. The summed E-state index contributed by atoms with van der Waals surface area (Å²) in [5.74, 6) is 0. The van der Waals surface area contributed by atoms with E-state index in [0.29, 0.717) is 17.6 Å². The first-order valence-corrected chi connectivity index (χ1v) is 7.94. The summed E-state index contributed by atoms with van der Waals surface area (Å²) in [6.07, 6.45) is 6.21. The third-order valence-electron chi connectivity index (χ3n) is 4.52. The predicted molar refractivity (Wildman–Crippen MR) is 83.9 cm³/mol. The molecule has 0 spiro atoms. The van der Waals surface area contributed by atoms with Crippen LogP contribution < -0.4 is 0 Å². The predicted octanol–water partition coefficient (Wildman–Crippen LogP) is 3.80. The van der Waals surface area contributed by atoms with Crippen LogP contribution >= 0.6 is 0 Å². The van der Waals surface area contributed by atoms with Crippen LogP contribution in [0, 0.1) is 39.4 Å². The van der Waals surface area contributed by atoms with Crippen molar-refractivity contribution in [1.29, 1.82) is 15.8 Å². The highest BCUT2D eigenvalue weighted by Crippen LogP contribution is 2.44. The van der Waals surface area contributed by atoms with Gasteiger partial charge in [0.25, 0.3) is 0 Å². The zero-order valence-electron chi connectivity index (χ0n) is 13.4. The van der Waals surface area contributed by atoms with Gasteiger partial charge in [-0.2, -0.15) is 15.8 Å². The van der Waals surface area contributed by atoms with Crippen molar-refractivity contribution in [3.05, 3.63) is 22.4 Å². The molecule has 2 aliphatic rings.